The Hall–Kier alpha value is -0.940. The molecule has 1 N–H and O–H groups in total. The minimum Gasteiger partial charge on any atom is -0.457 e. The van der Waals surface area contributed by atoms with Crippen molar-refractivity contribution < 1.29 is 19.2 Å². The second-order valence-electron chi connectivity index (χ2n) is 7.19. The van der Waals surface area contributed by atoms with Gasteiger partial charge in [-0.2, -0.15) is 4.57 Å². The van der Waals surface area contributed by atoms with Crippen molar-refractivity contribution in [1.29, 1.82) is 0 Å². The third-order valence-electron chi connectivity index (χ3n) is 5.04. The molecule has 1 aromatic heterocycles. The fourth-order valence-corrected chi connectivity index (χ4v) is 4.53. The SMILES string of the molecule is Cc1c(CCO)sc[n+]1CC(=O)O[C@H]1C[C@@H](C)CC[C@@H]1C(C)C. The van der Waals surface area contributed by atoms with Crippen LogP contribution in [0, 0.1) is 24.7 Å². The first-order valence-corrected chi connectivity index (χ1v) is 9.57. The Kier molecular flexibility index (Phi) is 6.60. The number of hydrogen-bond donors (Lipinski definition) is 1. The van der Waals surface area contributed by atoms with E-state index in [1.807, 2.05) is 17.0 Å². The highest BCUT2D eigenvalue weighted by atomic mass is 32.1. The number of aromatic nitrogens is 1. The normalized spacial score (nSPS) is 24.9. The van der Waals surface area contributed by atoms with E-state index < -0.39 is 0 Å². The molecular weight excluding hydrogens is 310 g/mol. The van der Waals surface area contributed by atoms with Gasteiger partial charge in [0.1, 0.15) is 6.10 Å². The van der Waals surface area contributed by atoms with Gasteiger partial charge in [-0.1, -0.05) is 38.5 Å². The first-order chi connectivity index (χ1) is 10.9. The second-order valence-corrected chi connectivity index (χ2v) is 8.13. The highest BCUT2D eigenvalue weighted by Gasteiger charge is 2.34. The number of nitrogens with zero attached hydrogens (tertiary/aromatic N) is 1. The smallest absolute Gasteiger partial charge is 0.373 e. The molecule has 0 aromatic carbocycles. The predicted molar refractivity (Wildman–Crippen MR) is 91.3 cm³/mol. The number of ether oxygens (including phenoxy) is 1. The fourth-order valence-electron chi connectivity index (χ4n) is 3.54. The molecule has 3 atom stereocenters. The standard InChI is InChI=1S/C18H30NO3S/c1-12(2)15-6-5-13(3)9-16(15)22-18(21)10-19-11-23-17(7-8-20)14(19)4/h11-13,15-16,20H,5-10H2,1-4H3/q+1/t13-,15+,16-/m0/s1. The van der Waals surface area contributed by atoms with E-state index in [0.717, 1.165) is 23.4 Å². The minimum atomic E-state index is -0.142. The average Bonchev–Trinajstić information content (AvgIpc) is 2.80. The number of rotatable bonds is 6. The van der Waals surface area contributed by atoms with Crippen LogP contribution in [0.25, 0.3) is 0 Å². The molecule has 1 fully saturated rings. The van der Waals surface area contributed by atoms with E-state index in [2.05, 4.69) is 20.8 Å². The van der Waals surface area contributed by atoms with Crippen LogP contribution in [0.1, 0.15) is 50.6 Å². The molecule has 4 nitrogen and oxygen atoms in total. The predicted octanol–water partition coefficient (Wildman–Crippen LogP) is 2.88. The van der Waals surface area contributed by atoms with Gasteiger partial charge in [-0.3, -0.25) is 0 Å². The van der Waals surface area contributed by atoms with E-state index in [1.165, 1.54) is 6.42 Å². The van der Waals surface area contributed by atoms with Crippen molar-refractivity contribution in [2.45, 2.75) is 66.0 Å². The molecule has 1 aliphatic carbocycles. The fraction of sp³-hybridized carbons (Fsp3) is 0.778. The summed E-state index contributed by atoms with van der Waals surface area (Å²) in [5.74, 6) is 1.52. The van der Waals surface area contributed by atoms with E-state index in [0.29, 0.717) is 24.2 Å². The number of esters is 1. The van der Waals surface area contributed by atoms with Gasteiger partial charge < -0.3 is 9.84 Å². The quantitative estimate of drug-likeness (QED) is 0.640. The lowest BCUT2D eigenvalue weighted by Crippen LogP contribution is -2.43. The Labute approximate surface area is 143 Å². The van der Waals surface area contributed by atoms with Crippen molar-refractivity contribution in [3.8, 4) is 0 Å². The molecule has 0 amide bonds. The van der Waals surface area contributed by atoms with Crippen LogP contribution in [0.3, 0.4) is 0 Å². The molecule has 0 saturated heterocycles. The average molecular weight is 341 g/mol. The number of aliphatic hydroxyl groups is 1. The Balaban J connectivity index is 1.97. The van der Waals surface area contributed by atoms with Crippen molar-refractivity contribution in [2.24, 2.45) is 17.8 Å². The number of carbonyl (C=O) groups excluding carboxylic acids is 1. The van der Waals surface area contributed by atoms with Crippen LogP contribution in [0.5, 0.6) is 0 Å². The molecule has 1 aliphatic rings. The zero-order valence-corrected chi connectivity index (χ0v) is 15.6. The summed E-state index contributed by atoms with van der Waals surface area (Å²) in [6.07, 6.45) is 4.08. The van der Waals surface area contributed by atoms with Gasteiger partial charge in [0.2, 0.25) is 12.1 Å². The summed E-state index contributed by atoms with van der Waals surface area (Å²) >= 11 is 1.59. The molecule has 1 aromatic rings. The van der Waals surface area contributed by atoms with Crippen LogP contribution in [-0.4, -0.2) is 23.8 Å². The van der Waals surface area contributed by atoms with E-state index in [9.17, 15) is 4.79 Å². The van der Waals surface area contributed by atoms with E-state index in [1.54, 1.807) is 11.3 Å². The maximum Gasteiger partial charge on any atom is 0.373 e. The monoisotopic (exact) mass is 340 g/mol. The molecule has 130 valence electrons. The summed E-state index contributed by atoms with van der Waals surface area (Å²) < 4.78 is 7.80. The van der Waals surface area contributed by atoms with Gasteiger partial charge in [0.15, 0.2) is 5.69 Å². The summed E-state index contributed by atoms with van der Waals surface area (Å²) in [7, 11) is 0. The van der Waals surface area contributed by atoms with Crippen molar-refractivity contribution in [1.82, 2.24) is 0 Å². The first-order valence-electron chi connectivity index (χ1n) is 8.69. The zero-order chi connectivity index (χ0) is 17.0. The Bertz CT molecular complexity index is 526. The second kappa shape index (κ2) is 8.25. The number of hydrogen-bond acceptors (Lipinski definition) is 4. The highest BCUT2D eigenvalue weighted by molar-refractivity contribution is 7.09. The topological polar surface area (TPSA) is 50.4 Å². The minimum absolute atomic E-state index is 0.0581. The van der Waals surface area contributed by atoms with Crippen molar-refractivity contribution >= 4 is 17.3 Å². The van der Waals surface area contributed by atoms with E-state index >= 15 is 0 Å². The highest BCUT2D eigenvalue weighted by Crippen LogP contribution is 2.35. The molecule has 0 aliphatic heterocycles. The third-order valence-corrected chi connectivity index (χ3v) is 6.18. The summed E-state index contributed by atoms with van der Waals surface area (Å²) in [6, 6.07) is 0. The first kappa shape index (κ1) is 18.4. The van der Waals surface area contributed by atoms with Gasteiger partial charge in [0, 0.05) is 20.0 Å². The van der Waals surface area contributed by atoms with Crippen LogP contribution in [0.2, 0.25) is 0 Å². The lowest BCUT2D eigenvalue weighted by atomic mass is 9.75. The van der Waals surface area contributed by atoms with Crippen molar-refractivity contribution in [3.05, 3.63) is 16.1 Å². The van der Waals surface area contributed by atoms with E-state index in [4.69, 9.17) is 9.84 Å². The van der Waals surface area contributed by atoms with Crippen LogP contribution in [-0.2, 0) is 22.5 Å². The molecule has 23 heavy (non-hydrogen) atoms. The maximum absolute atomic E-state index is 12.4. The van der Waals surface area contributed by atoms with Crippen LogP contribution in [0.4, 0.5) is 0 Å². The molecular formula is C18H30NO3S+. The third kappa shape index (κ3) is 4.77. The summed E-state index contributed by atoms with van der Waals surface area (Å²) in [6.45, 7) is 9.09. The lowest BCUT2D eigenvalue weighted by molar-refractivity contribution is -0.687. The number of carbonyl (C=O) groups is 1. The summed E-state index contributed by atoms with van der Waals surface area (Å²) in [4.78, 5) is 13.5. The lowest BCUT2D eigenvalue weighted by Gasteiger charge is -2.36. The number of aliphatic hydroxyl groups excluding tert-OH is 1. The van der Waals surface area contributed by atoms with Gasteiger partial charge in [-0.15, -0.1) is 0 Å². The largest absolute Gasteiger partial charge is 0.457 e. The summed E-state index contributed by atoms with van der Waals surface area (Å²) in [5, 5.41) is 9.06. The van der Waals surface area contributed by atoms with Crippen molar-refractivity contribution in [2.75, 3.05) is 6.61 Å². The molecule has 0 unspecified atom stereocenters. The zero-order valence-electron chi connectivity index (χ0n) is 14.7. The van der Waals surface area contributed by atoms with Gasteiger partial charge >= 0.3 is 5.97 Å². The van der Waals surface area contributed by atoms with Crippen molar-refractivity contribution in [3.63, 3.8) is 0 Å². The molecule has 1 saturated carbocycles. The van der Waals surface area contributed by atoms with Gasteiger partial charge in [0.05, 0.1) is 4.88 Å². The maximum atomic E-state index is 12.4. The van der Waals surface area contributed by atoms with Gasteiger partial charge in [0.25, 0.3) is 0 Å². The molecule has 5 heteroatoms. The molecule has 0 radical (unpaired) electrons. The van der Waals surface area contributed by atoms with Crippen LogP contribution < -0.4 is 4.57 Å². The van der Waals surface area contributed by atoms with Gasteiger partial charge in [-0.05, 0) is 30.6 Å². The Morgan fingerprint density at radius 3 is 2.87 bits per heavy atom. The van der Waals surface area contributed by atoms with Crippen LogP contribution in [0.15, 0.2) is 5.51 Å². The van der Waals surface area contributed by atoms with Gasteiger partial charge in [-0.25, -0.2) is 4.79 Å². The molecule has 2 rings (SSSR count). The van der Waals surface area contributed by atoms with E-state index in [-0.39, 0.29) is 25.2 Å². The molecule has 1 heterocycles. The molecule has 0 bridgehead atoms. The summed E-state index contributed by atoms with van der Waals surface area (Å²) in [5.41, 5.74) is 3.00. The number of thiazole rings is 1. The van der Waals surface area contributed by atoms with Crippen LogP contribution >= 0.6 is 11.3 Å². The Morgan fingerprint density at radius 2 is 2.22 bits per heavy atom. The Morgan fingerprint density at radius 1 is 1.48 bits per heavy atom. The molecule has 0 spiro atoms.